The van der Waals surface area contributed by atoms with Crippen molar-refractivity contribution in [2.75, 3.05) is 0 Å². The average Bonchev–Trinajstić information content (AvgIpc) is 3.59. The van der Waals surface area contributed by atoms with Crippen LogP contribution in [0, 0.1) is 0 Å². The number of hydrogen-bond acceptors (Lipinski definition) is 3. The molecule has 3 atom stereocenters. The Bertz CT molecular complexity index is 1210. The van der Waals surface area contributed by atoms with E-state index in [1.165, 1.54) is 50.1 Å². The first-order valence-corrected chi connectivity index (χ1v) is 16.1. The fourth-order valence-corrected chi connectivity index (χ4v) is 6.35. The summed E-state index contributed by atoms with van der Waals surface area (Å²) in [6.07, 6.45) is 6.80. The van der Waals surface area contributed by atoms with E-state index in [9.17, 15) is 0 Å². The van der Waals surface area contributed by atoms with Crippen LogP contribution in [0.15, 0.2) is 54.6 Å². The molecule has 0 heterocycles. The van der Waals surface area contributed by atoms with Gasteiger partial charge >= 0.3 is 0 Å². The van der Waals surface area contributed by atoms with Crippen LogP contribution in [-0.4, -0.2) is 0 Å². The van der Waals surface area contributed by atoms with Crippen LogP contribution in [0.1, 0.15) is 150 Å². The monoisotopic (exact) mass is 567 g/mol. The predicted molar refractivity (Wildman–Crippen MR) is 181 cm³/mol. The zero-order valence-electron chi connectivity index (χ0n) is 27.9. The van der Waals surface area contributed by atoms with E-state index in [0.717, 1.165) is 38.5 Å². The summed E-state index contributed by atoms with van der Waals surface area (Å²) in [4.78, 5) is 0. The molecule has 0 bridgehead atoms. The predicted octanol–water partition coefficient (Wildman–Crippen LogP) is 8.79. The number of aryl methyl sites for hydroxylation is 3. The number of fused-ring (bicyclic) bond motifs is 3. The Morgan fingerprint density at radius 2 is 0.667 bits per heavy atom. The van der Waals surface area contributed by atoms with Crippen LogP contribution in [0.5, 0.6) is 0 Å². The molecule has 3 aromatic carbocycles. The number of nitrogens with two attached hydrogens (primary N) is 3. The van der Waals surface area contributed by atoms with Gasteiger partial charge < -0.3 is 17.2 Å². The maximum atomic E-state index is 6.01. The van der Waals surface area contributed by atoms with Crippen LogP contribution >= 0.6 is 0 Å². The van der Waals surface area contributed by atoms with E-state index in [4.69, 9.17) is 17.2 Å². The minimum atomic E-state index is 0.252. The lowest BCUT2D eigenvalue weighted by atomic mass is 9.85. The molecule has 3 aromatic rings. The normalized spacial score (nSPS) is 21.0. The van der Waals surface area contributed by atoms with E-state index >= 15 is 0 Å². The minimum Gasteiger partial charge on any atom is -0.324 e. The highest BCUT2D eigenvalue weighted by atomic mass is 14.7. The van der Waals surface area contributed by atoms with Crippen molar-refractivity contribution in [3.63, 3.8) is 0 Å². The van der Waals surface area contributed by atoms with Crippen LogP contribution in [0.3, 0.4) is 0 Å². The first-order valence-electron chi connectivity index (χ1n) is 16.1. The zero-order valence-corrected chi connectivity index (χ0v) is 27.9. The number of benzene rings is 3. The summed E-state index contributed by atoms with van der Waals surface area (Å²) in [7, 11) is 0. The van der Waals surface area contributed by atoms with Gasteiger partial charge in [0.2, 0.25) is 0 Å². The molecule has 0 saturated heterocycles. The second kappa shape index (κ2) is 12.3. The standard InChI is InChI=1S/3C13H19N/c3*1-13(2,3)10-5-6-11-9(8-10)4-7-12(11)14/h3*5-6,8,12H,4,7,14H2,1-3H3/t2*12-;/m10./s1. The highest BCUT2D eigenvalue weighted by Gasteiger charge is 2.24. The van der Waals surface area contributed by atoms with Crippen LogP contribution in [0.4, 0.5) is 0 Å². The van der Waals surface area contributed by atoms with Gasteiger partial charge in [0, 0.05) is 18.1 Å². The third-order valence-corrected chi connectivity index (χ3v) is 9.40. The van der Waals surface area contributed by atoms with E-state index in [1.54, 1.807) is 0 Å². The molecule has 3 aliphatic carbocycles. The summed E-state index contributed by atoms with van der Waals surface area (Å²) in [6, 6.07) is 21.2. The van der Waals surface area contributed by atoms with Crippen LogP contribution in [-0.2, 0) is 35.5 Å². The highest BCUT2D eigenvalue weighted by Crippen LogP contribution is 2.35. The molecule has 0 saturated carbocycles. The lowest BCUT2D eigenvalue weighted by Gasteiger charge is -2.20. The van der Waals surface area contributed by atoms with Gasteiger partial charge in [-0.1, -0.05) is 117 Å². The first-order chi connectivity index (χ1) is 19.4. The lowest BCUT2D eigenvalue weighted by molar-refractivity contribution is 0.589. The van der Waals surface area contributed by atoms with E-state index < -0.39 is 0 Å². The van der Waals surface area contributed by atoms with Gasteiger partial charge in [-0.3, -0.25) is 0 Å². The lowest BCUT2D eigenvalue weighted by Crippen LogP contribution is -2.12. The van der Waals surface area contributed by atoms with Gasteiger partial charge in [0.1, 0.15) is 0 Å². The van der Waals surface area contributed by atoms with Crippen molar-refractivity contribution in [2.24, 2.45) is 17.2 Å². The largest absolute Gasteiger partial charge is 0.324 e. The third-order valence-electron chi connectivity index (χ3n) is 9.40. The Balaban J connectivity index is 0.000000145. The smallest absolute Gasteiger partial charge is 0.0300 e. The molecular weight excluding hydrogens is 510 g/mol. The van der Waals surface area contributed by atoms with Crippen molar-refractivity contribution in [2.45, 2.75) is 135 Å². The molecule has 0 fully saturated rings. The van der Waals surface area contributed by atoms with Gasteiger partial charge in [0.15, 0.2) is 0 Å². The van der Waals surface area contributed by atoms with Gasteiger partial charge in [-0.25, -0.2) is 0 Å². The summed E-state index contributed by atoms with van der Waals surface area (Å²) in [5.74, 6) is 0. The Morgan fingerprint density at radius 1 is 0.429 bits per heavy atom. The van der Waals surface area contributed by atoms with Crippen LogP contribution in [0.25, 0.3) is 0 Å². The molecule has 3 aliphatic rings. The van der Waals surface area contributed by atoms with Gasteiger partial charge in [0.05, 0.1) is 0 Å². The highest BCUT2D eigenvalue weighted by molar-refractivity contribution is 5.41. The molecule has 3 heteroatoms. The molecular formula is C39H57N3. The number of rotatable bonds is 0. The average molecular weight is 568 g/mol. The fourth-order valence-electron chi connectivity index (χ4n) is 6.35. The van der Waals surface area contributed by atoms with Gasteiger partial charge in [0.25, 0.3) is 0 Å². The SMILES string of the molecule is CC(C)(C)c1ccc2c(c1)CCC2N.CC(C)(C)c1ccc2c(c1)CC[C@@H]2N.CC(C)(C)c1ccc2c(c1)CC[C@H]2N. The molecule has 228 valence electrons. The number of hydrogen-bond donors (Lipinski definition) is 3. The van der Waals surface area contributed by atoms with Crippen molar-refractivity contribution < 1.29 is 0 Å². The Labute approximate surface area is 256 Å². The van der Waals surface area contributed by atoms with Crippen molar-refractivity contribution >= 4 is 0 Å². The topological polar surface area (TPSA) is 78.1 Å². The summed E-state index contributed by atoms with van der Waals surface area (Å²) >= 11 is 0. The molecule has 42 heavy (non-hydrogen) atoms. The van der Waals surface area contributed by atoms with Gasteiger partial charge in [-0.15, -0.1) is 0 Å². The Morgan fingerprint density at radius 3 is 0.881 bits per heavy atom. The molecule has 0 radical (unpaired) electrons. The third kappa shape index (κ3) is 7.54. The van der Waals surface area contributed by atoms with E-state index in [1.807, 2.05) is 0 Å². The van der Waals surface area contributed by atoms with Crippen LogP contribution < -0.4 is 17.2 Å². The van der Waals surface area contributed by atoms with Crippen LogP contribution in [0.2, 0.25) is 0 Å². The molecule has 0 spiro atoms. The molecule has 0 aliphatic heterocycles. The molecule has 0 aromatic heterocycles. The molecule has 1 unspecified atom stereocenters. The zero-order chi connectivity index (χ0) is 31.0. The minimum absolute atomic E-state index is 0.252. The summed E-state index contributed by atoms with van der Waals surface area (Å²) in [5.41, 5.74) is 31.5. The van der Waals surface area contributed by atoms with Gasteiger partial charge in [-0.05, 0) is 105 Å². The van der Waals surface area contributed by atoms with Crippen molar-refractivity contribution in [3.05, 3.63) is 105 Å². The maximum absolute atomic E-state index is 6.01. The van der Waals surface area contributed by atoms with E-state index in [2.05, 4.69) is 117 Å². The van der Waals surface area contributed by atoms with Crippen molar-refractivity contribution in [1.82, 2.24) is 0 Å². The maximum Gasteiger partial charge on any atom is 0.0300 e. The second-order valence-corrected chi connectivity index (χ2v) is 15.9. The molecule has 0 amide bonds. The fraction of sp³-hybridized carbons (Fsp3) is 0.538. The van der Waals surface area contributed by atoms with Crippen molar-refractivity contribution in [1.29, 1.82) is 0 Å². The van der Waals surface area contributed by atoms with Crippen molar-refractivity contribution in [3.8, 4) is 0 Å². The quantitative estimate of drug-likeness (QED) is 0.254. The molecule has 6 N–H and O–H groups in total. The Hall–Kier alpha value is -2.46. The summed E-state index contributed by atoms with van der Waals surface area (Å²) < 4.78 is 0. The molecule has 6 rings (SSSR count). The summed E-state index contributed by atoms with van der Waals surface area (Å²) in [6.45, 7) is 20.3. The van der Waals surface area contributed by atoms with Gasteiger partial charge in [-0.2, -0.15) is 0 Å². The first kappa shape index (κ1) is 32.5. The second-order valence-electron chi connectivity index (χ2n) is 15.9. The molecule has 3 nitrogen and oxygen atoms in total. The van der Waals surface area contributed by atoms with E-state index in [0.29, 0.717) is 0 Å². The van der Waals surface area contributed by atoms with E-state index in [-0.39, 0.29) is 34.4 Å². The Kier molecular flexibility index (Phi) is 9.48. The summed E-state index contributed by atoms with van der Waals surface area (Å²) in [5, 5.41) is 0.